The minimum Gasteiger partial charge on any atom is -0.423 e. The summed E-state index contributed by atoms with van der Waals surface area (Å²) in [7, 11) is -2.65. The van der Waals surface area contributed by atoms with Crippen LogP contribution in [0, 0.1) is 0 Å². The van der Waals surface area contributed by atoms with Crippen LogP contribution in [0.25, 0.3) is 0 Å². The van der Waals surface area contributed by atoms with Crippen molar-refractivity contribution >= 4 is 8.60 Å². The zero-order valence-electron chi connectivity index (χ0n) is 17.3. The molecule has 0 bridgehead atoms. The fraction of sp³-hybridized carbons (Fsp3) is 0.727. The molecule has 1 aliphatic carbocycles. The fourth-order valence-corrected chi connectivity index (χ4v) is 4.64. The van der Waals surface area contributed by atoms with E-state index in [1.54, 1.807) is 0 Å². The first-order valence-electron chi connectivity index (χ1n) is 10.9. The van der Waals surface area contributed by atoms with Gasteiger partial charge in [-0.3, -0.25) is 0 Å². The highest BCUT2D eigenvalue weighted by atomic mass is 31.2. The van der Waals surface area contributed by atoms with Gasteiger partial charge in [-0.05, 0) is 57.3 Å². The molecule has 1 fully saturated rings. The summed E-state index contributed by atoms with van der Waals surface area (Å²) in [6, 6.07) is 6.00. The van der Waals surface area contributed by atoms with E-state index < -0.39 is 8.60 Å². The molecule has 1 aromatic carbocycles. The van der Waals surface area contributed by atoms with Crippen molar-refractivity contribution in [3.63, 3.8) is 0 Å². The summed E-state index contributed by atoms with van der Waals surface area (Å²) in [5, 5.41) is 0. The predicted molar refractivity (Wildman–Crippen MR) is 111 cm³/mol. The maximum absolute atomic E-state index is 12.4. The lowest BCUT2D eigenvalue weighted by atomic mass is 9.89. The van der Waals surface area contributed by atoms with Crippen molar-refractivity contribution in [1.82, 2.24) is 0 Å². The van der Waals surface area contributed by atoms with Crippen LogP contribution in [0.5, 0.6) is 5.75 Å². The molecule has 0 radical (unpaired) electrons. The molecule has 1 aromatic rings. The molecule has 0 N–H and O–H groups in total. The van der Waals surface area contributed by atoms with Gasteiger partial charge in [0.1, 0.15) is 5.75 Å². The van der Waals surface area contributed by atoms with Gasteiger partial charge in [0.15, 0.2) is 0 Å². The molecule has 0 heterocycles. The average Bonchev–Trinajstić information content (AvgIpc) is 3.26. The van der Waals surface area contributed by atoms with Crippen LogP contribution in [-0.4, -0.2) is 0 Å². The van der Waals surface area contributed by atoms with E-state index in [1.165, 1.54) is 69.8 Å². The molecule has 0 saturated heterocycles. The highest BCUT2D eigenvalue weighted by Crippen LogP contribution is 2.45. The molecule has 1 atom stereocenters. The summed E-state index contributed by atoms with van der Waals surface area (Å²) in [6.45, 7) is 4.39. The maximum Gasteiger partial charge on any atom is 0.465 e. The summed E-state index contributed by atoms with van der Waals surface area (Å²) in [4.78, 5) is 0. The first kappa shape index (κ1) is 23.5. The lowest BCUT2D eigenvalue weighted by Gasteiger charge is -2.20. The molecular formula is C22H35F2O3P. The van der Waals surface area contributed by atoms with Gasteiger partial charge in [0.2, 0.25) is 0 Å². The van der Waals surface area contributed by atoms with Crippen LogP contribution in [0.1, 0.15) is 114 Å². The summed E-state index contributed by atoms with van der Waals surface area (Å²) in [5.74, 6) is 1.29. The second-order valence-electron chi connectivity index (χ2n) is 8.04. The minimum absolute atomic E-state index is 0.253. The molecule has 2 rings (SSSR count). The van der Waals surface area contributed by atoms with Crippen molar-refractivity contribution in [2.45, 2.75) is 103 Å². The Morgan fingerprint density at radius 3 is 2.29 bits per heavy atom. The Morgan fingerprint density at radius 1 is 1.00 bits per heavy atom. The largest absolute Gasteiger partial charge is 0.465 e. The van der Waals surface area contributed by atoms with E-state index in [-0.39, 0.29) is 5.92 Å². The number of rotatable bonds is 14. The molecule has 6 heteroatoms. The molecule has 28 heavy (non-hydrogen) atoms. The van der Waals surface area contributed by atoms with E-state index in [9.17, 15) is 9.05 Å². The zero-order chi connectivity index (χ0) is 20.2. The third-order valence-electron chi connectivity index (χ3n) is 5.92. The van der Waals surface area contributed by atoms with Crippen LogP contribution in [0.3, 0.4) is 0 Å². The van der Waals surface area contributed by atoms with Crippen LogP contribution in [0.2, 0.25) is 0 Å². The summed E-state index contributed by atoms with van der Waals surface area (Å²) < 4.78 is 37.1. The van der Waals surface area contributed by atoms with Gasteiger partial charge < -0.3 is 4.52 Å². The van der Waals surface area contributed by atoms with E-state index in [1.807, 2.05) is 12.1 Å². The van der Waals surface area contributed by atoms with E-state index >= 15 is 0 Å². The number of halogens is 2. The molecule has 0 amide bonds. The van der Waals surface area contributed by atoms with Crippen LogP contribution in [-0.2, 0) is 9.46 Å². The number of unbranched alkanes of at least 4 members (excludes halogenated alkanes) is 6. The van der Waals surface area contributed by atoms with E-state index in [4.69, 9.17) is 4.52 Å². The Bertz CT molecular complexity index is 549. The maximum atomic E-state index is 12.4. The van der Waals surface area contributed by atoms with Gasteiger partial charge in [-0.1, -0.05) is 93.2 Å². The highest BCUT2D eigenvalue weighted by molar-refractivity contribution is 7.41. The number of hydrogen-bond donors (Lipinski definition) is 0. The molecule has 3 nitrogen and oxygen atoms in total. The van der Waals surface area contributed by atoms with Gasteiger partial charge >= 0.3 is 8.60 Å². The second-order valence-corrected chi connectivity index (χ2v) is 8.95. The van der Waals surface area contributed by atoms with Crippen LogP contribution in [0.15, 0.2) is 18.2 Å². The first-order chi connectivity index (χ1) is 13.7. The van der Waals surface area contributed by atoms with Gasteiger partial charge in [-0.2, -0.15) is 0 Å². The van der Waals surface area contributed by atoms with Crippen LogP contribution < -0.4 is 4.52 Å². The minimum atomic E-state index is -2.65. The molecule has 160 valence electrons. The monoisotopic (exact) mass is 416 g/mol. The summed E-state index contributed by atoms with van der Waals surface area (Å²) >= 11 is 0. The van der Waals surface area contributed by atoms with Gasteiger partial charge in [0.25, 0.3) is 0 Å². The standard InChI is InChI=1S/C22H35F2O3P/c1-3-4-5-6-7-8-9-12-18(2)21-17-20(19-13-10-11-14-19)15-16-22(21)25-28(26-23)27-24/h15-19H,3-14H2,1-2H3. The number of benzene rings is 1. The van der Waals surface area contributed by atoms with Crippen molar-refractivity contribution in [2.24, 2.45) is 0 Å². The van der Waals surface area contributed by atoms with Gasteiger partial charge in [0.05, 0.1) is 0 Å². The Kier molecular flexibility index (Phi) is 11.3. The average molecular weight is 416 g/mol. The third kappa shape index (κ3) is 7.57. The van der Waals surface area contributed by atoms with E-state index in [0.29, 0.717) is 11.7 Å². The molecule has 0 aliphatic heterocycles. The van der Waals surface area contributed by atoms with Crippen molar-refractivity contribution < 1.29 is 23.0 Å². The van der Waals surface area contributed by atoms with E-state index in [0.717, 1.165) is 18.4 Å². The Balaban J connectivity index is 1.99. The topological polar surface area (TPSA) is 27.7 Å². The van der Waals surface area contributed by atoms with Gasteiger partial charge in [-0.25, -0.2) is 0 Å². The van der Waals surface area contributed by atoms with E-state index in [2.05, 4.69) is 29.4 Å². The molecule has 0 aromatic heterocycles. The Hall–Kier alpha value is -0.770. The van der Waals surface area contributed by atoms with Crippen molar-refractivity contribution in [1.29, 1.82) is 0 Å². The van der Waals surface area contributed by atoms with Crippen molar-refractivity contribution in [3.05, 3.63) is 29.3 Å². The smallest absolute Gasteiger partial charge is 0.423 e. The molecule has 1 aliphatic rings. The SMILES string of the molecule is CCCCCCCCCC(C)c1cc(C2CCCC2)ccc1OP(OF)OF. The van der Waals surface area contributed by atoms with Crippen LogP contribution >= 0.6 is 8.60 Å². The molecule has 1 saturated carbocycles. The van der Waals surface area contributed by atoms with Gasteiger partial charge in [-0.15, -0.1) is 0 Å². The second kappa shape index (κ2) is 13.5. The summed E-state index contributed by atoms with van der Waals surface area (Å²) in [6.07, 6.45) is 14.8. The lowest BCUT2D eigenvalue weighted by molar-refractivity contribution is -0.0859. The Morgan fingerprint density at radius 2 is 1.64 bits per heavy atom. The Labute approximate surface area is 169 Å². The lowest BCUT2D eigenvalue weighted by Crippen LogP contribution is -2.02. The van der Waals surface area contributed by atoms with Gasteiger partial charge in [0, 0.05) is 0 Å². The predicted octanol–water partition coefficient (Wildman–Crippen LogP) is 9.00. The molecule has 1 unspecified atom stereocenters. The molecular weight excluding hydrogens is 381 g/mol. The van der Waals surface area contributed by atoms with Crippen molar-refractivity contribution in [2.75, 3.05) is 0 Å². The molecule has 0 spiro atoms. The van der Waals surface area contributed by atoms with Crippen LogP contribution in [0.4, 0.5) is 9.05 Å². The fourth-order valence-electron chi connectivity index (χ4n) is 4.23. The van der Waals surface area contributed by atoms with Crippen molar-refractivity contribution in [3.8, 4) is 5.75 Å². The summed E-state index contributed by atoms with van der Waals surface area (Å²) in [5.41, 5.74) is 2.30. The highest BCUT2D eigenvalue weighted by Gasteiger charge is 2.23. The number of hydrogen-bond acceptors (Lipinski definition) is 3. The third-order valence-corrected chi connectivity index (χ3v) is 6.49. The zero-order valence-corrected chi connectivity index (χ0v) is 18.2. The first-order valence-corrected chi connectivity index (χ1v) is 12.0. The normalized spacial score (nSPS) is 16.0. The quantitative estimate of drug-likeness (QED) is 0.224.